The van der Waals surface area contributed by atoms with Crippen molar-refractivity contribution in [3.63, 3.8) is 0 Å². The van der Waals surface area contributed by atoms with Crippen LogP contribution in [-0.2, 0) is 4.79 Å². The zero-order chi connectivity index (χ0) is 16.8. The molecule has 0 aliphatic rings. The highest BCUT2D eigenvalue weighted by atomic mass is 35.5. The molecule has 0 unspecified atom stereocenters. The molecule has 23 heavy (non-hydrogen) atoms. The molecule has 6 nitrogen and oxygen atoms in total. The molecule has 0 atom stereocenters. The fraction of sp³-hybridized carbons (Fsp3) is 0.0625. The first-order valence-electron chi connectivity index (χ1n) is 6.57. The molecule has 2 aromatic carbocycles. The number of carbonyl (C=O) groups excluding carboxylic acids is 1. The van der Waals surface area contributed by atoms with Crippen LogP contribution >= 0.6 is 11.6 Å². The topological polar surface area (TPSA) is 81.5 Å². The Labute approximate surface area is 137 Å². The van der Waals surface area contributed by atoms with E-state index in [0.29, 0.717) is 16.3 Å². The molecule has 0 bridgehead atoms. The van der Waals surface area contributed by atoms with E-state index in [1.54, 1.807) is 24.3 Å². The quantitative estimate of drug-likeness (QED) is 0.511. The molecule has 0 spiro atoms. The van der Waals surface area contributed by atoms with Crippen LogP contribution in [0.4, 0.5) is 11.4 Å². The van der Waals surface area contributed by atoms with E-state index >= 15 is 0 Å². The van der Waals surface area contributed by atoms with E-state index in [-0.39, 0.29) is 11.4 Å². The number of carbonyl (C=O) groups is 1. The van der Waals surface area contributed by atoms with Gasteiger partial charge in [-0.15, -0.1) is 0 Å². The molecular formula is C16H13ClN2O4. The third-order valence-electron chi connectivity index (χ3n) is 2.97. The Balaban J connectivity index is 2.14. The van der Waals surface area contributed by atoms with Crippen LogP contribution in [0.1, 0.15) is 5.56 Å². The Morgan fingerprint density at radius 2 is 2.04 bits per heavy atom. The predicted octanol–water partition coefficient (Wildman–Crippen LogP) is 3.91. The lowest BCUT2D eigenvalue weighted by molar-refractivity contribution is -0.384. The van der Waals surface area contributed by atoms with Crippen molar-refractivity contribution in [2.75, 3.05) is 12.4 Å². The first-order valence-corrected chi connectivity index (χ1v) is 6.95. The van der Waals surface area contributed by atoms with Crippen LogP contribution in [-0.4, -0.2) is 17.9 Å². The summed E-state index contributed by atoms with van der Waals surface area (Å²) in [4.78, 5) is 22.2. The number of hydrogen-bond acceptors (Lipinski definition) is 4. The summed E-state index contributed by atoms with van der Waals surface area (Å²) in [5, 5.41) is 13.9. The Hall–Kier alpha value is -2.86. The number of non-ortho nitro benzene ring substituents is 1. The molecule has 0 fully saturated rings. The molecule has 2 rings (SSSR count). The number of amides is 1. The van der Waals surface area contributed by atoms with Crippen molar-refractivity contribution in [1.82, 2.24) is 0 Å². The lowest BCUT2D eigenvalue weighted by atomic mass is 10.2. The monoisotopic (exact) mass is 332 g/mol. The molecule has 118 valence electrons. The Kier molecular flexibility index (Phi) is 5.32. The second-order valence-electron chi connectivity index (χ2n) is 4.49. The molecule has 1 amide bonds. The van der Waals surface area contributed by atoms with Gasteiger partial charge in [0, 0.05) is 17.2 Å². The van der Waals surface area contributed by atoms with Gasteiger partial charge in [-0.2, -0.15) is 0 Å². The van der Waals surface area contributed by atoms with E-state index < -0.39 is 10.8 Å². The van der Waals surface area contributed by atoms with Crippen molar-refractivity contribution in [3.05, 3.63) is 69.2 Å². The van der Waals surface area contributed by atoms with Crippen molar-refractivity contribution >= 4 is 35.0 Å². The van der Waals surface area contributed by atoms with Crippen molar-refractivity contribution in [2.24, 2.45) is 0 Å². The van der Waals surface area contributed by atoms with Crippen LogP contribution in [0.2, 0.25) is 5.02 Å². The molecule has 2 aromatic rings. The fourth-order valence-electron chi connectivity index (χ4n) is 1.85. The van der Waals surface area contributed by atoms with Crippen LogP contribution in [0.25, 0.3) is 6.08 Å². The Bertz CT molecular complexity index is 774. The number of nitrogens with zero attached hydrogens (tertiary/aromatic N) is 1. The zero-order valence-corrected chi connectivity index (χ0v) is 12.9. The standard InChI is InChI=1S/C16H13ClN2O4/c1-23-15-10-12(19(21)22)7-8-14(15)18-16(20)9-6-11-4-2-3-5-13(11)17/h2-10H,1H3,(H,18,20). The largest absolute Gasteiger partial charge is 0.494 e. The minimum Gasteiger partial charge on any atom is -0.494 e. The predicted molar refractivity (Wildman–Crippen MR) is 88.8 cm³/mol. The molecule has 0 saturated heterocycles. The minimum atomic E-state index is -0.536. The second-order valence-corrected chi connectivity index (χ2v) is 4.89. The van der Waals surface area contributed by atoms with Crippen molar-refractivity contribution < 1.29 is 14.5 Å². The SMILES string of the molecule is COc1cc([N+](=O)[O-])ccc1NC(=O)C=Cc1ccccc1Cl. The summed E-state index contributed by atoms with van der Waals surface area (Å²) in [5.41, 5.74) is 0.929. The smallest absolute Gasteiger partial charge is 0.273 e. The van der Waals surface area contributed by atoms with Gasteiger partial charge in [-0.25, -0.2) is 0 Å². The van der Waals surface area contributed by atoms with Gasteiger partial charge in [-0.05, 0) is 23.8 Å². The lowest BCUT2D eigenvalue weighted by Gasteiger charge is -2.08. The molecule has 0 saturated carbocycles. The van der Waals surface area contributed by atoms with E-state index in [1.165, 1.54) is 31.4 Å². The lowest BCUT2D eigenvalue weighted by Crippen LogP contribution is -2.09. The van der Waals surface area contributed by atoms with Gasteiger partial charge in [0.2, 0.25) is 5.91 Å². The van der Waals surface area contributed by atoms with Gasteiger partial charge in [-0.1, -0.05) is 29.8 Å². The van der Waals surface area contributed by atoms with Crippen molar-refractivity contribution in [1.29, 1.82) is 0 Å². The van der Waals surface area contributed by atoms with Crippen LogP contribution in [0.5, 0.6) is 5.75 Å². The van der Waals surface area contributed by atoms with Crippen LogP contribution in [0.3, 0.4) is 0 Å². The highest BCUT2D eigenvalue weighted by molar-refractivity contribution is 6.32. The number of nitro groups is 1. The van der Waals surface area contributed by atoms with Crippen LogP contribution in [0, 0.1) is 10.1 Å². The molecule has 1 N–H and O–H groups in total. The number of nitrogens with one attached hydrogen (secondary N) is 1. The summed E-state index contributed by atoms with van der Waals surface area (Å²) < 4.78 is 5.05. The molecule has 0 aromatic heterocycles. The molecule has 0 radical (unpaired) electrons. The van der Waals surface area contributed by atoms with Crippen molar-refractivity contribution in [3.8, 4) is 5.75 Å². The second kappa shape index (κ2) is 7.42. The molecule has 0 aliphatic heterocycles. The summed E-state index contributed by atoms with van der Waals surface area (Å²) in [6.45, 7) is 0. The Morgan fingerprint density at radius 3 is 2.70 bits per heavy atom. The van der Waals surface area contributed by atoms with Gasteiger partial charge in [0.05, 0.1) is 23.8 Å². The number of ether oxygens (including phenoxy) is 1. The average Bonchev–Trinajstić information content (AvgIpc) is 2.54. The fourth-order valence-corrected chi connectivity index (χ4v) is 2.05. The third kappa shape index (κ3) is 4.31. The van der Waals surface area contributed by atoms with Gasteiger partial charge < -0.3 is 10.1 Å². The summed E-state index contributed by atoms with van der Waals surface area (Å²) in [5.74, 6) is -0.198. The third-order valence-corrected chi connectivity index (χ3v) is 3.32. The molecule has 0 aliphatic carbocycles. The molecule has 0 heterocycles. The van der Waals surface area contributed by atoms with Gasteiger partial charge in [-0.3, -0.25) is 14.9 Å². The maximum absolute atomic E-state index is 12.0. The number of hydrogen-bond donors (Lipinski definition) is 1. The first-order chi connectivity index (χ1) is 11.0. The highest BCUT2D eigenvalue weighted by Crippen LogP contribution is 2.29. The molecular weight excluding hydrogens is 320 g/mol. The number of rotatable bonds is 5. The van der Waals surface area contributed by atoms with E-state index in [0.717, 1.165) is 0 Å². The number of anilines is 1. The summed E-state index contributed by atoms with van der Waals surface area (Å²) in [6, 6.07) is 11.0. The van der Waals surface area contributed by atoms with E-state index in [4.69, 9.17) is 16.3 Å². The van der Waals surface area contributed by atoms with Gasteiger partial charge in [0.1, 0.15) is 5.75 Å². The number of nitro benzene ring substituents is 1. The maximum Gasteiger partial charge on any atom is 0.273 e. The number of methoxy groups -OCH3 is 1. The zero-order valence-electron chi connectivity index (χ0n) is 12.2. The van der Waals surface area contributed by atoms with E-state index in [9.17, 15) is 14.9 Å². The maximum atomic E-state index is 12.0. The average molecular weight is 333 g/mol. The summed E-state index contributed by atoms with van der Waals surface area (Å²) in [6.07, 6.45) is 2.90. The minimum absolute atomic E-state index is 0.119. The van der Waals surface area contributed by atoms with Crippen molar-refractivity contribution in [2.45, 2.75) is 0 Å². The summed E-state index contributed by atoms with van der Waals surface area (Å²) in [7, 11) is 1.37. The van der Waals surface area contributed by atoms with Gasteiger partial charge >= 0.3 is 0 Å². The Morgan fingerprint density at radius 1 is 1.30 bits per heavy atom. The van der Waals surface area contributed by atoms with E-state index in [2.05, 4.69) is 5.32 Å². The first kappa shape index (κ1) is 16.5. The highest BCUT2D eigenvalue weighted by Gasteiger charge is 2.12. The number of halogens is 1. The molecule has 7 heteroatoms. The van der Waals surface area contributed by atoms with Gasteiger partial charge in [0.15, 0.2) is 0 Å². The van der Waals surface area contributed by atoms with E-state index in [1.807, 2.05) is 6.07 Å². The van der Waals surface area contributed by atoms with Crippen LogP contribution < -0.4 is 10.1 Å². The summed E-state index contributed by atoms with van der Waals surface area (Å²) >= 11 is 6.00. The van der Waals surface area contributed by atoms with Gasteiger partial charge in [0.25, 0.3) is 5.69 Å². The van der Waals surface area contributed by atoms with Crippen LogP contribution in [0.15, 0.2) is 48.5 Å². The number of benzene rings is 2. The normalized spacial score (nSPS) is 10.5.